The third kappa shape index (κ3) is 4.66. The highest BCUT2D eigenvalue weighted by atomic mass is 32.1. The van der Waals surface area contributed by atoms with Crippen LogP contribution < -0.4 is 4.90 Å². The van der Waals surface area contributed by atoms with Crippen molar-refractivity contribution in [3.8, 4) is 0 Å². The second kappa shape index (κ2) is 7.18. The van der Waals surface area contributed by atoms with Gasteiger partial charge in [0.1, 0.15) is 5.01 Å². The number of carbonyl (C=O) groups is 1. The summed E-state index contributed by atoms with van der Waals surface area (Å²) in [6.07, 6.45) is 0.332. The molecule has 0 saturated carbocycles. The molecule has 0 aliphatic rings. The maximum absolute atomic E-state index is 11.1. The molecule has 0 unspecified atom stereocenters. The van der Waals surface area contributed by atoms with Gasteiger partial charge in [-0.15, -0.1) is 10.2 Å². The first-order valence-corrected chi connectivity index (χ1v) is 6.09. The molecule has 1 rings (SSSR count). The first-order chi connectivity index (χ1) is 8.17. The topological polar surface area (TPSA) is 64.5 Å². The number of nitrogens with zero attached hydrogens (tertiary/aromatic N) is 3. The summed E-state index contributed by atoms with van der Waals surface area (Å²) in [4.78, 5) is 13.1. The van der Waals surface area contributed by atoms with Gasteiger partial charge in [-0.25, -0.2) is 0 Å². The molecule has 0 aliphatic carbocycles. The van der Waals surface area contributed by atoms with Crippen molar-refractivity contribution in [1.29, 1.82) is 0 Å². The number of anilines is 1. The van der Waals surface area contributed by atoms with E-state index in [1.165, 1.54) is 18.4 Å². The summed E-state index contributed by atoms with van der Waals surface area (Å²) < 4.78 is 9.65. The Balaban J connectivity index is 2.57. The van der Waals surface area contributed by atoms with Crippen LogP contribution in [0.4, 0.5) is 5.13 Å². The lowest BCUT2D eigenvalue weighted by atomic mass is 10.4. The zero-order valence-electron chi connectivity index (χ0n) is 10.3. The molecule has 0 aliphatic heterocycles. The highest BCUT2D eigenvalue weighted by Gasteiger charge is 2.13. The number of carbonyl (C=O) groups excluding carboxylic acids is 1. The van der Waals surface area contributed by atoms with Crippen LogP contribution in [0.1, 0.15) is 11.4 Å². The Labute approximate surface area is 105 Å². The fraction of sp³-hybridized carbons (Fsp3) is 0.700. The number of ether oxygens (including phenoxy) is 2. The third-order valence-corrected chi connectivity index (χ3v) is 3.06. The number of rotatable bonds is 7. The molecule has 0 fully saturated rings. The van der Waals surface area contributed by atoms with Crippen LogP contribution in [-0.2, 0) is 14.3 Å². The van der Waals surface area contributed by atoms with Crippen LogP contribution in [0.5, 0.6) is 0 Å². The monoisotopic (exact) mass is 259 g/mol. The van der Waals surface area contributed by atoms with Crippen LogP contribution in [0.3, 0.4) is 0 Å². The van der Waals surface area contributed by atoms with Crippen molar-refractivity contribution in [3.05, 3.63) is 5.01 Å². The van der Waals surface area contributed by atoms with Gasteiger partial charge in [0.15, 0.2) is 0 Å². The summed E-state index contributed by atoms with van der Waals surface area (Å²) in [5.74, 6) is -0.228. The fourth-order valence-electron chi connectivity index (χ4n) is 1.25. The van der Waals surface area contributed by atoms with Crippen molar-refractivity contribution < 1.29 is 14.3 Å². The third-order valence-electron chi connectivity index (χ3n) is 2.16. The fourth-order valence-corrected chi connectivity index (χ4v) is 1.99. The van der Waals surface area contributed by atoms with Gasteiger partial charge in [-0.3, -0.25) is 4.79 Å². The molecule has 1 aromatic rings. The van der Waals surface area contributed by atoms with Gasteiger partial charge in [-0.2, -0.15) is 0 Å². The molecule has 1 aromatic heterocycles. The van der Waals surface area contributed by atoms with Gasteiger partial charge >= 0.3 is 5.97 Å². The number of esters is 1. The molecule has 0 spiro atoms. The summed E-state index contributed by atoms with van der Waals surface area (Å²) in [5, 5.41) is 9.73. The molecule has 17 heavy (non-hydrogen) atoms. The minimum atomic E-state index is -0.228. The van der Waals surface area contributed by atoms with Crippen molar-refractivity contribution in [2.45, 2.75) is 13.3 Å². The second-order valence-corrected chi connectivity index (χ2v) is 4.57. The smallest absolute Gasteiger partial charge is 0.307 e. The zero-order chi connectivity index (χ0) is 12.7. The van der Waals surface area contributed by atoms with E-state index in [9.17, 15) is 4.79 Å². The van der Waals surface area contributed by atoms with Crippen LogP contribution in [-0.4, -0.2) is 50.1 Å². The van der Waals surface area contributed by atoms with E-state index in [-0.39, 0.29) is 5.97 Å². The quantitative estimate of drug-likeness (QED) is 0.677. The van der Waals surface area contributed by atoms with Crippen molar-refractivity contribution in [3.63, 3.8) is 0 Å². The van der Waals surface area contributed by atoms with Crippen LogP contribution >= 0.6 is 11.3 Å². The summed E-state index contributed by atoms with van der Waals surface area (Å²) in [6, 6.07) is 0. The highest BCUT2D eigenvalue weighted by molar-refractivity contribution is 7.15. The van der Waals surface area contributed by atoms with Crippen molar-refractivity contribution in [2.75, 3.05) is 38.8 Å². The summed E-state index contributed by atoms with van der Waals surface area (Å²) in [6.45, 7) is 3.72. The van der Waals surface area contributed by atoms with Crippen LogP contribution in [0.15, 0.2) is 0 Å². The van der Waals surface area contributed by atoms with Gasteiger partial charge in [0.05, 0.1) is 20.1 Å². The van der Waals surface area contributed by atoms with Gasteiger partial charge in [-0.05, 0) is 6.92 Å². The molecule has 0 aromatic carbocycles. The average molecular weight is 259 g/mol. The van der Waals surface area contributed by atoms with E-state index in [1.807, 2.05) is 11.8 Å². The molecular weight excluding hydrogens is 242 g/mol. The first-order valence-electron chi connectivity index (χ1n) is 5.28. The van der Waals surface area contributed by atoms with Crippen LogP contribution in [0.2, 0.25) is 0 Å². The second-order valence-electron chi connectivity index (χ2n) is 3.41. The normalized spacial score (nSPS) is 10.3. The van der Waals surface area contributed by atoms with E-state index >= 15 is 0 Å². The number of methoxy groups -OCH3 is 2. The summed E-state index contributed by atoms with van der Waals surface area (Å²) >= 11 is 1.50. The molecular formula is C10H17N3O3S. The first kappa shape index (κ1) is 13.9. The molecule has 0 atom stereocenters. The molecule has 0 saturated heterocycles. The van der Waals surface area contributed by atoms with Crippen molar-refractivity contribution in [1.82, 2.24) is 10.2 Å². The lowest BCUT2D eigenvalue weighted by Crippen LogP contribution is -2.29. The van der Waals surface area contributed by atoms with Gasteiger partial charge in [-0.1, -0.05) is 11.3 Å². The summed E-state index contributed by atoms with van der Waals surface area (Å²) in [5.41, 5.74) is 0. The minimum Gasteiger partial charge on any atom is -0.469 e. The van der Waals surface area contributed by atoms with Crippen molar-refractivity contribution >= 4 is 22.4 Å². The molecule has 0 amide bonds. The summed E-state index contributed by atoms with van der Waals surface area (Å²) in [7, 11) is 3.03. The Bertz CT molecular complexity index is 356. The van der Waals surface area contributed by atoms with E-state index in [0.29, 0.717) is 26.1 Å². The van der Waals surface area contributed by atoms with Gasteiger partial charge < -0.3 is 14.4 Å². The number of aryl methyl sites for hydroxylation is 1. The lowest BCUT2D eigenvalue weighted by Gasteiger charge is -2.19. The van der Waals surface area contributed by atoms with E-state index in [2.05, 4.69) is 14.9 Å². The number of hydrogen-bond donors (Lipinski definition) is 0. The number of aromatic nitrogens is 2. The molecule has 6 nitrogen and oxygen atoms in total. The molecule has 7 heteroatoms. The van der Waals surface area contributed by atoms with Gasteiger partial charge in [0.25, 0.3) is 0 Å². The maximum atomic E-state index is 11.1. The van der Waals surface area contributed by atoms with Crippen molar-refractivity contribution in [2.24, 2.45) is 0 Å². The van der Waals surface area contributed by atoms with E-state index in [1.54, 1.807) is 7.11 Å². The minimum absolute atomic E-state index is 0.228. The molecule has 0 radical (unpaired) electrons. The van der Waals surface area contributed by atoms with E-state index in [0.717, 1.165) is 10.1 Å². The van der Waals surface area contributed by atoms with Crippen LogP contribution in [0.25, 0.3) is 0 Å². The maximum Gasteiger partial charge on any atom is 0.307 e. The number of hydrogen-bond acceptors (Lipinski definition) is 7. The Morgan fingerprint density at radius 3 is 2.65 bits per heavy atom. The van der Waals surface area contributed by atoms with Gasteiger partial charge in [0.2, 0.25) is 5.13 Å². The standard InChI is InChI=1S/C10H17N3O3S/c1-8-11-12-10(17-8)13(6-7-15-2)5-4-9(14)16-3/h4-7H2,1-3H3. The SMILES string of the molecule is COCCN(CCC(=O)OC)c1nnc(C)s1. The lowest BCUT2D eigenvalue weighted by molar-refractivity contribution is -0.140. The molecule has 1 heterocycles. The van der Waals surface area contributed by atoms with E-state index in [4.69, 9.17) is 4.74 Å². The zero-order valence-corrected chi connectivity index (χ0v) is 11.1. The average Bonchev–Trinajstić information content (AvgIpc) is 2.75. The Hall–Kier alpha value is -1.21. The largest absolute Gasteiger partial charge is 0.469 e. The molecule has 0 bridgehead atoms. The predicted molar refractivity (Wildman–Crippen MR) is 65.4 cm³/mol. The van der Waals surface area contributed by atoms with Gasteiger partial charge in [0, 0.05) is 20.2 Å². The van der Waals surface area contributed by atoms with E-state index < -0.39 is 0 Å². The highest BCUT2D eigenvalue weighted by Crippen LogP contribution is 2.19. The Morgan fingerprint density at radius 2 is 2.12 bits per heavy atom. The molecule has 0 N–H and O–H groups in total. The Morgan fingerprint density at radius 1 is 1.35 bits per heavy atom. The van der Waals surface area contributed by atoms with Crippen LogP contribution in [0, 0.1) is 6.92 Å². The Kier molecular flexibility index (Phi) is 5.85. The molecule has 96 valence electrons. The predicted octanol–water partition coefficient (Wildman–Crippen LogP) is 0.862.